The molecule has 0 saturated heterocycles. The van der Waals surface area contributed by atoms with Gasteiger partial charge in [-0.3, -0.25) is 4.79 Å². The van der Waals surface area contributed by atoms with Crippen molar-refractivity contribution in [1.29, 1.82) is 0 Å². The molecule has 20 heavy (non-hydrogen) atoms. The Balaban J connectivity index is 1.92. The van der Waals surface area contributed by atoms with Gasteiger partial charge in [-0.1, -0.05) is 11.6 Å². The van der Waals surface area contributed by atoms with E-state index in [1.54, 1.807) is 22.9 Å². The van der Waals surface area contributed by atoms with Crippen LogP contribution in [-0.4, -0.2) is 20.7 Å². The minimum atomic E-state index is -0.112. The van der Waals surface area contributed by atoms with Crippen LogP contribution < -0.4 is 11.1 Å². The molecule has 0 atom stereocenters. The number of carbonyl (C=O) groups excluding carboxylic acids is 1. The normalized spacial score (nSPS) is 10.6. The molecule has 6 nitrogen and oxygen atoms in total. The molecule has 0 unspecified atom stereocenters. The van der Waals surface area contributed by atoms with Crippen LogP contribution in [0.4, 0.5) is 11.4 Å². The summed E-state index contributed by atoms with van der Waals surface area (Å²) in [4.78, 5) is 16.0. The molecule has 7 heteroatoms. The SMILES string of the molecule is Cc1nc(C)n(CCC(=O)Nc2ccc(Cl)c(N)c2)n1. The molecule has 2 aromatic rings. The molecule has 0 spiro atoms. The monoisotopic (exact) mass is 293 g/mol. The summed E-state index contributed by atoms with van der Waals surface area (Å²) in [6, 6.07) is 4.99. The van der Waals surface area contributed by atoms with E-state index in [9.17, 15) is 4.79 Å². The van der Waals surface area contributed by atoms with Crippen molar-refractivity contribution in [3.63, 3.8) is 0 Å². The number of nitrogens with zero attached hydrogens (tertiary/aromatic N) is 3. The van der Waals surface area contributed by atoms with E-state index in [0.29, 0.717) is 35.2 Å². The van der Waals surface area contributed by atoms with Crippen LogP contribution in [0.25, 0.3) is 0 Å². The second kappa shape index (κ2) is 5.92. The summed E-state index contributed by atoms with van der Waals surface area (Å²) in [5.74, 6) is 1.39. The lowest BCUT2D eigenvalue weighted by molar-refractivity contribution is -0.116. The Kier molecular flexibility index (Phi) is 4.24. The van der Waals surface area contributed by atoms with Gasteiger partial charge in [0.05, 0.1) is 17.3 Å². The zero-order chi connectivity index (χ0) is 14.7. The summed E-state index contributed by atoms with van der Waals surface area (Å²) < 4.78 is 1.71. The minimum absolute atomic E-state index is 0.112. The molecule has 0 saturated carbocycles. The van der Waals surface area contributed by atoms with E-state index in [2.05, 4.69) is 15.4 Å². The Labute approximate surface area is 121 Å². The maximum atomic E-state index is 11.9. The summed E-state index contributed by atoms with van der Waals surface area (Å²) in [6.07, 6.45) is 0.312. The summed E-state index contributed by atoms with van der Waals surface area (Å²) >= 11 is 5.82. The van der Waals surface area contributed by atoms with E-state index in [1.165, 1.54) is 0 Å². The molecule has 0 aliphatic carbocycles. The van der Waals surface area contributed by atoms with Crippen LogP contribution in [0.3, 0.4) is 0 Å². The summed E-state index contributed by atoms with van der Waals surface area (Å²) in [5.41, 5.74) is 6.74. The van der Waals surface area contributed by atoms with Gasteiger partial charge in [-0.25, -0.2) is 9.67 Å². The van der Waals surface area contributed by atoms with Crippen LogP contribution in [0.1, 0.15) is 18.1 Å². The Morgan fingerprint density at radius 1 is 1.45 bits per heavy atom. The molecule has 1 aromatic heterocycles. The van der Waals surface area contributed by atoms with E-state index >= 15 is 0 Å². The van der Waals surface area contributed by atoms with Crippen LogP contribution >= 0.6 is 11.6 Å². The number of nitrogens with one attached hydrogen (secondary N) is 1. The van der Waals surface area contributed by atoms with Crippen molar-refractivity contribution >= 4 is 28.9 Å². The standard InChI is InChI=1S/C13H16ClN5O/c1-8-16-9(2)19(18-8)6-5-13(20)17-10-3-4-11(14)12(15)7-10/h3-4,7H,5-6,15H2,1-2H3,(H,17,20). The van der Waals surface area contributed by atoms with Gasteiger partial charge in [0.1, 0.15) is 11.6 Å². The molecular weight excluding hydrogens is 278 g/mol. The highest BCUT2D eigenvalue weighted by molar-refractivity contribution is 6.33. The van der Waals surface area contributed by atoms with Crippen molar-refractivity contribution in [2.24, 2.45) is 0 Å². The third-order valence-corrected chi connectivity index (χ3v) is 3.14. The number of nitrogens with two attached hydrogens (primary N) is 1. The molecule has 0 fully saturated rings. The van der Waals surface area contributed by atoms with E-state index in [0.717, 1.165) is 5.82 Å². The third kappa shape index (κ3) is 3.48. The third-order valence-electron chi connectivity index (χ3n) is 2.79. The first-order valence-electron chi connectivity index (χ1n) is 6.18. The van der Waals surface area contributed by atoms with Gasteiger partial charge in [-0.15, -0.1) is 0 Å². The van der Waals surface area contributed by atoms with Crippen molar-refractivity contribution in [3.8, 4) is 0 Å². The number of amides is 1. The van der Waals surface area contributed by atoms with Gasteiger partial charge in [0.15, 0.2) is 0 Å². The lowest BCUT2D eigenvalue weighted by Gasteiger charge is -2.07. The molecule has 1 aromatic carbocycles. The Hall–Kier alpha value is -2.08. The summed E-state index contributed by atoms with van der Waals surface area (Å²) in [5, 5.41) is 7.44. The minimum Gasteiger partial charge on any atom is -0.397 e. The number of aromatic nitrogens is 3. The van der Waals surface area contributed by atoms with Gasteiger partial charge < -0.3 is 11.1 Å². The summed E-state index contributed by atoms with van der Waals surface area (Å²) in [6.45, 7) is 4.17. The highest BCUT2D eigenvalue weighted by Gasteiger charge is 2.07. The topological polar surface area (TPSA) is 85.8 Å². The highest BCUT2D eigenvalue weighted by atomic mass is 35.5. The number of hydrogen-bond donors (Lipinski definition) is 2. The molecule has 0 radical (unpaired) electrons. The molecule has 106 valence electrons. The second-order valence-electron chi connectivity index (χ2n) is 4.46. The number of hydrogen-bond acceptors (Lipinski definition) is 4. The van der Waals surface area contributed by atoms with Crippen molar-refractivity contribution < 1.29 is 4.79 Å². The Bertz CT molecular complexity index is 638. The smallest absolute Gasteiger partial charge is 0.226 e. The van der Waals surface area contributed by atoms with Crippen LogP contribution in [-0.2, 0) is 11.3 Å². The number of halogens is 1. The Morgan fingerprint density at radius 2 is 2.20 bits per heavy atom. The van der Waals surface area contributed by atoms with Gasteiger partial charge in [-0.2, -0.15) is 5.10 Å². The van der Waals surface area contributed by atoms with E-state index < -0.39 is 0 Å². The van der Waals surface area contributed by atoms with Crippen molar-refractivity contribution in [3.05, 3.63) is 34.9 Å². The fourth-order valence-corrected chi connectivity index (χ4v) is 1.94. The summed E-state index contributed by atoms with van der Waals surface area (Å²) in [7, 11) is 0. The first kappa shape index (κ1) is 14.3. The quantitative estimate of drug-likeness (QED) is 0.846. The van der Waals surface area contributed by atoms with Gasteiger partial charge in [-0.05, 0) is 32.0 Å². The van der Waals surface area contributed by atoms with Crippen LogP contribution in [0.15, 0.2) is 18.2 Å². The van der Waals surface area contributed by atoms with Crippen LogP contribution in [0.2, 0.25) is 5.02 Å². The van der Waals surface area contributed by atoms with E-state index in [4.69, 9.17) is 17.3 Å². The fraction of sp³-hybridized carbons (Fsp3) is 0.308. The largest absolute Gasteiger partial charge is 0.397 e. The molecular formula is C13H16ClN5O. The Morgan fingerprint density at radius 3 is 2.80 bits per heavy atom. The zero-order valence-corrected chi connectivity index (χ0v) is 12.1. The number of carbonyl (C=O) groups is 1. The van der Waals surface area contributed by atoms with E-state index in [1.807, 2.05) is 13.8 Å². The van der Waals surface area contributed by atoms with Gasteiger partial charge in [0.25, 0.3) is 0 Å². The fourth-order valence-electron chi connectivity index (χ4n) is 1.83. The number of rotatable bonds is 4. The highest BCUT2D eigenvalue weighted by Crippen LogP contribution is 2.22. The number of aryl methyl sites for hydroxylation is 3. The van der Waals surface area contributed by atoms with Gasteiger partial charge >= 0.3 is 0 Å². The second-order valence-corrected chi connectivity index (χ2v) is 4.87. The average Bonchev–Trinajstić information content (AvgIpc) is 2.70. The molecule has 3 N–H and O–H groups in total. The van der Waals surface area contributed by atoms with Crippen molar-refractivity contribution in [1.82, 2.24) is 14.8 Å². The molecule has 0 aliphatic rings. The predicted molar refractivity (Wildman–Crippen MR) is 78.6 cm³/mol. The maximum Gasteiger partial charge on any atom is 0.226 e. The predicted octanol–water partition coefficient (Wildman–Crippen LogP) is 2.16. The lowest BCUT2D eigenvalue weighted by atomic mass is 10.2. The van der Waals surface area contributed by atoms with Gasteiger partial charge in [0.2, 0.25) is 5.91 Å². The lowest BCUT2D eigenvalue weighted by Crippen LogP contribution is -2.15. The first-order chi connectivity index (χ1) is 9.45. The molecule has 1 heterocycles. The molecule has 1 amide bonds. The first-order valence-corrected chi connectivity index (χ1v) is 6.56. The van der Waals surface area contributed by atoms with Crippen molar-refractivity contribution in [2.45, 2.75) is 26.8 Å². The molecule has 0 aliphatic heterocycles. The number of nitrogen functional groups attached to an aromatic ring is 1. The van der Waals surface area contributed by atoms with Crippen molar-refractivity contribution in [2.75, 3.05) is 11.1 Å². The molecule has 2 rings (SSSR count). The van der Waals surface area contributed by atoms with E-state index in [-0.39, 0.29) is 5.91 Å². The number of benzene rings is 1. The van der Waals surface area contributed by atoms with Crippen LogP contribution in [0, 0.1) is 13.8 Å². The molecule has 0 bridgehead atoms. The maximum absolute atomic E-state index is 11.9. The number of anilines is 2. The zero-order valence-electron chi connectivity index (χ0n) is 11.4. The van der Waals surface area contributed by atoms with Gasteiger partial charge in [0, 0.05) is 12.1 Å². The van der Waals surface area contributed by atoms with Crippen LogP contribution in [0.5, 0.6) is 0 Å². The average molecular weight is 294 g/mol.